The SMILES string of the molecule is COc1ccc(OC)c(NC(=O)Cn2c(=O)n(C)c(=O)c3sc(N4CCCC4)nc32)c1. The lowest BCUT2D eigenvalue weighted by Gasteiger charge is -2.13. The Morgan fingerprint density at radius 1 is 1.19 bits per heavy atom. The highest BCUT2D eigenvalue weighted by Crippen LogP contribution is 2.30. The van der Waals surface area contributed by atoms with E-state index in [-0.39, 0.29) is 12.2 Å². The third-order valence-electron chi connectivity index (χ3n) is 5.23. The Morgan fingerprint density at radius 3 is 2.61 bits per heavy atom. The number of fused-ring (bicyclic) bond motifs is 1. The largest absolute Gasteiger partial charge is 0.497 e. The fraction of sp³-hybridized carbons (Fsp3) is 0.400. The fourth-order valence-electron chi connectivity index (χ4n) is 3.57. The van der Waals surface area contributed by atoms with E-state index in [1.165, 1.54) is 37.2 Å². The van der Waals surface area contributed by atoms with Gasteiger partial charge in [-0.2, -0.15) is 0 Å². The summed E-state index contributed by atoms with van der Waals surface area (Å²) in [7, 11) is 4.42. The first-order valence-electron chi connectivity index (χ1n) is 9.80. The molecule has 0 atom stereocenters. The van der Waals surface area contributed by atoms with Crippen molar-refractivity contribution in [1.29, 1.82) is 0 Å². The summed E-state index contributed by atoms with van der Waals surface area (Å²) in [4.78, 5) is 44.9. The Bertz CT molecular complexity index is 1260. The van der Waals surface area contributed by atoms with E-state index in [4.69, 9.17) is 9.47 Å². The van der Waals surface area contributed by atoms with Crippen LogP contribution in [0.5, 0.6) is 11.5 Å². The lowest BCUT2D eigenvalue weighted by Crippen LogP contribution is -2.39. The summed E-state index contributed by atoms with van der Waals surface area (Å²) in [6.45, 7) is 1.42. The van der Waals surface area contributed by atoms with Gasteiger partial charge >= 0.3 is 5.69 Å². The number of anilines is 2. The number of thiazole rings is 1. The molecule has 3 aromatic rings. The van der Waals surface area contributed by atoms with Gasteiger partial charge in [-0.15, -0.1) is 0 Å². The van der Waals surface area contributed by atoms with Crippen molar-refractivity contribution < 1.29 is 14.3 Å². The molecule has 1 aromatic carbocycles. The lowest BCUT2D eigenvalue weighted by molar-refractivity contribution is -0.116. The van der Waals surface area contributed by atoms with Gasteiger partial charge in [0.15, 0.2) is 10.8 Å². The molecule has 10 nitrogen and oxygen atoms in total. The number of methoxy groups -OCH3 is 2. The van der Waals surface area contributed by atoms with E-state index < -0.39 is 17.2 Å². The van der Waals surface area contributed by atoms with Crippen molar-refractivity contribution in [1.82, 2.24) is 14.1 Å². The number of aromatic nitrogens is 3. The van der Waals surface area contributed by atoms with Gasteiger partial charge in [-0.1, -0.05) is 11.3 Å². The van der Waals surface area contributed by atoms with Crippen molar-refractivity contribution in [3.8, 4) is 11.5 Å². The van der Waals surface area contributed by atoms with Gasteiger partial charge in [-0.3, -0.25) is 18.7 Å². The van der Waals surface area contributed by atoms with Crippen LogP contribution in [0.4, 0.5) is 10.8 Å². The van der Waals surface area contributed by atoms with Crippen molar-refractivity contribution >= 4 is 38.4 Å². The zero-order valence-corrected chi connectivity index (χ0v) is 18.3. The van der Waals surface area contributed by atoms with Crippen molar-refractivity contribution in [3.05, 3.63) is 39.0 Å². The molecule has 0 bridgehead atoms. The van der Waals surface area contributed by atoms with Gasteiger partial charge in [0.25, 0.3) is 5.56 Å². The minimum Gasteiger partial charge on any atom is -0.497 e. The number of hydrogen-bond acceptors (Lipinski definition) is 8. The maximum atomic E-state index is 12.8. The lowest BCUT2D eigenvalue weighted by atomic mass is 10.2. The summed E-state index contributed by atoms with van der Waals surface area (Å²) < 4.78 is 13.1. The van der Waals surface area contributed by atoms with E-state index >= 15 is 0 Å². The third-order valence-corrected chi connectivity index (χ3v) is 6.32. The minimum atomic E-state index is -0.594. The van der Waals surface area contributed by atoms with E-state index in [0.29, 0.717) is 27.0 Å². The average Bonchev–Trinajstić information content (AvgIpc) is 3.45. The topological polar surface area (TPSA) is 108 Å². The summed E-state index contributed by atoms with van der Waals surface area (Å²) in [5.74, 6) is 0.550. The number of hydrogen-bond donors (Lipinski definition) is 1. The number of benzene rings is 1. The molecule has 1 fully saturated rings. The smallest absolute Gasteiger partial charge is 0.332 e. The summed E-state index contributed by atoms with van der Waals surface area (Å²) >= 11 is 1.25. The number of ether oxygens (including phenoxy) is 2. The van der Waals surface area contributed by atoms with Crippen LogP contribution in [-0.2, 0) is 18.4 Å². The second kappa shape index (κ2) is 8.42. The van der Waals surface area contributed by atoms with Crippen LogP contribution in [0, 0.1) is 0 Å². The third kappa shape index (κ3) is 3.88. The Labute approximate surface area is 181 Å². The second-order valence-corrected chi connectivity index (χ2v) is 8.17. The molecule has 4 rings (SSSR count). The number of carbonyl (C=O) groups excluding carboxylic acids is 1. The maximum absolute atomic E-state index is 12.8. The predicted molar refractivity (Wildman–Crippen MR) is 119 cm³/mol. The molecular formula is C20H23N5O5S. The predicted octanol–water partition coefficient (Wildman–Crippen LogP) is 1.41. The molecule has 0 unspecified atom stereocenters. The average molecular weight is 446 g/mol. The van der Waals surface area contributed by atoms with Gasteiger partial charge in [0.05, 0.1) is 19.9 Å². The van der Waals surface area contributed by atoms with Crippen LogP contribution in [0.1, 0.15) is 12.8 Å². The fourth-order valence-corrected chi connectivity index (χ4v) is 4.66. The molecule has 1 saturated heterocycles. The molecule has 0 radical (unpaired) electrons. The molecule has 0 saturated carbocycles. The highest BCUT2D eigenvalue weighted by Gasteiger charge is 2.22. The molecule has 2 aromatic heterocycles. The van der Waals surface area contributed by atoms with Crippen LogP contribution in [0.25, 0.3) is 10.3 Å². The van der Waals surface area contributed by atoms with Gasteiger partial charge in [0.1, 0.15) is 22.7 Å². The molecule has 1 aliphatic rings. The quantitative estimate of drug-likeness (QED) is 0.611. The minimum absolute atomic E-state index is 0.229. The molecule has 1 aliphatic heterocycles. The highest BCUT2D eigenvalue weighted by atomic mass is 32.1. The van der Waals surface area contributed by atoms with Gasteiger partial charge in [-0.25, -0.2) is 9.78 Å². The van der Waals surface area contributed by atoms with Crippen LogP contribution >= 0.6 is 11.3 Å². The molecule has 31 heavy (non-hydrogen) atoms. The van der Waals surface area contributed by atoms with Crippen molar-refractivity contribution in [2.75, 3.05) is 37.5 Å². The van der Waals surface area contributed by atoms with Crippen molar-refractivity contribution in [2.45, 2.75) is 19.4 Å². The monoisotopic (exact) mass is 445 g/mol. The molecule has 1 amide bonds. The number of carbonyl (C=O) groups is 1. The van der Waals surface area contributed by atoms with Crippen molar-refractivity contribution in [2.24, 2.45) is 7.05 Å². The maximum Gasteiger partial charge on any atom is 0.332 e. The van der Waals surface area contributed by atoms with E-state index in [1.54, 1.807) is 18.2 Å². The molecule has 3 heterocycles. The number of amides is 1. The number of nitrogens with one attached hydrogen (secondary N) is 1. The molecule has 0 spiro atoms. The Morgan fingerprint density at radius 2 is 1.94 bits per heavy atom. The van der Waals surface area contributed by atoms with Gasteiger partial charge in [0.2, 0.25) is 5.91 Å². The molecule has 0 aliphatic carbocycles. The van der Waals surface area contributed by atoms with Crippen LogP contribution < -0.4 is 30.9 Å². The molecule has 1 N–H and O–H groups in total. The zero-order chi connectivity index (χ0) is 22.1. The summed E-state index contributed by atoms with van der Waals surface area (Å²) in [5, 5.41) is 3.44. The van der Waals surface area contributed by atoms with Crippen molar-refractivity contribution in [3.63, 3.8) is 0 Å². The first kappa shape index (κ1) is 20.9. The van der Waals surface area contributed by atoms with Crippen LogP contribution in [0.2, 0.25) is 0 Å². The van der Waals surface area contributed by atoms with Crippen LogP contribution in [-0.4, -0.2) is 47.3 Å². The van der Waals surface area contributed by atoms with Gasteiger partial charge < -0.3 is 19.7 Å². The summed E-state index contributed by atoms with van der Waals surface area (Å²) in [6, 6.07) is 5.02. The van der Waals surface area contributed by atoms with Crippen LogP contribution in [0.15, 0.2) is 27.8 Å². The Kier molecular flexibility index (Phi) is 5.68. The second-order valence-electron chi connectivity index (χ2n) is 7.19. The Balaban J connectivity index is 1.70. The molecule has 11 heteroatoms. The van der Waals surface area contributed by atoms with E-state index in [0.717, 1.165) is 30.5 Å². The summed E-state index contributed by atoms with van der Waals surface area (Å²) in [6.07, 6.45) is 2.12. The molecular weight excluding hydrogens is 422 g/mol. The zero-order valence-electron chi connectivity index (χ0n) is 17.5. The van der Waals surface area contributed by atoms with Gasteiger partial charge in [0, 0.05) is 26.2 Å². The van der Waals surface area contributed by atoms with E-state index in [9.17, 15) is 14.4 Å². The standard InChI is InChI=1S/C20H23N5O5S/c1-23-18(27)16-17(22-19(31-16)24-8-4-5-9-24)25(20(23)28)11-15(26)21-13-10-12(29-2)6-7-14(13)30-3/h6-7,10H,4-5,8-9,11H2,1-3H3,(H,21,26). The summed E-state index contributed by atoms with van der Waals surface area (Å²) in [5.41, 5.74) is -0.359. The van der Waals surface area contributed by atoms with Gasteiger partial charge in [-0.05, 0) is 25.0 Å². The normalized spacial score (nSPS) is 13.6. The van der Waals surface area contributed by atoms with E-state index in [2.05, 4.69) is 15.2 Å². The van der Waals surface area contributed by atoms with E-state index in [1.807, 2.05) is 0 Å². The first-order valence-corrected chi connectivity index (χ1v) is 10.6. The molecule has 164 valence electrons. The number of nitrogens with zero attached hydrogens (tertiary/aromatic N) is 4. The first-order chi connectivity index (χ1) is 14.9. The number of rotatable bonds is 6. The van der Waals surface area contributed by atoms with Crippen LogP contribution in [0.3, 0.4) is 0 Å². The highest BCUT2D eigenvalue weighted by molar-refractivity contribution is 7.22. The Hall–Kier alpha value is -3.34.